The van der Waals surface area contributed by atoms with E-state index < -0.39 is 23.4 Å². The average molecular weight is 372 g/mol. The topological polar surface area (TPSA) is 116 Å². The summed E-state index contributed by atoms with van der Waals surface area (Å²) in [6, 6.07) is 5.59. The summed E-state index contributed by atoms with van der Waals surface area (Å²) in [5.41, 5.74) is -0.0314. The molecule has 2 aromatic rings. The van der Waals surface area contributed by atoms with Crippen LogP contribution in [0.5, 0.6) is 28.7 Å². The van der Waals surface area contributed by atoms with Crippen LogP contribution in [0.1, 0.15) is 41.3 Å². The average Bonchev–Trinajstić information content (AvgIpc) is 2.57. The molecule has 7 heteroatoms. The van der Waals surface area contributed by atoms with Gasteiger partial charge in [0, 0.05) is 29.7 Å². The molecule has 2 atom stereocenters. The van der Waals surface area contributed by atoms with Crippen LogP contribution >= 0.6 is 0 Å². The number of hydrogen-bond acceptors (Lipinski definition) is 7. The van der Waals surface area contributed by atoms with Crippen molar-refractivity contribution in [3.63, 3.8) is 0 Å². The van der Waals surface area contributed by atoms with Gasteiger partial charge in [-0.15, -0.1) is 0 Å². The van der Waals surface area contributed by atoms with Gasteiger partial charge in [0.1, 0.15) is 46.5 Å². The molecule has 27 heavy (non-hydrogen) atoms. The Kier molecular flexibility index (Phi) is 3.75. The van der Waals surface area contributed by atoms with E-state index in [1.165, 1.54) is 6.07 Å². The number of phenols is 3. The van der Waals surface area contributed by atoms with Crippen LogP contribution in [0.3, 0.4) is 0 Å². The summed E-state index contributed by atoms with van der Waals surface area (Å²) in [6.07, 6.45) is -0.614. The summed E-state index contributed by atoms with van der Waals surface area (Å²) in [6.45, 7) is 3.48. The van der Waals surface area contributed by atoms with Crippen molar-refractivity contribution in [3.05, 3.63) is 41.0 Å². The minimum atomic E-state index is -0.828. The minimum Gasteiger partial charge on any atom is -0.508 e. The Bertz CT molecular complexity index is 948. The van der Waals surface area contributed by atoms with Gasteiger partial charge in [-0.1, -0.05) is 6.07 Å². The van der Waals surface area contributed by atoms with E-state index in [1.807, 2.05) is 0 Å². The van der Waals surface area contributed by atoms with Gasteiger partial charge in [0.05, 0.1) is 12.0 Å². The highest BCUT2D eigenvalue weighted by atomic mass is 16.5. The number of hydrogen-bond donors (Lipinski definition) is 4. The molecule has 7 nitrogen and oxygen atoms in total. The molecule has 0 saturated carbocycles. The fourth-order valence-corrected chi connectivity index (χ4v) is 3.60. The van der Waals surface area contributed by atoms with Crippen molar-refractivity contribution >= 4 is 5.78 Å². The Hall–Kier alpha value is -2.93. The second-order valence-electron chi connectivity index (χ2n) is 7.47. The third-order valence-electron chi connectivity index (χ3n) is 5.25. The van der Waals surface area contributed by atoms with Crippen LogP contribution in [0.4, 0.5) is 0 Å². The fourth-order valence-electron chi connectivity index (χ4n) is 3.60. The summed E-state index contributed by atoms with van der Waals surface area (Å²) < 4.78 is 11.3. The van der Waals surface area contributed by atoms with E-state index in [0.717, 1.165) is 6.07 Å². The van der Waals surface area contributed by atoms with Gasteiger partial charge in [-0.2, -0.15) is 0 Å². The van der Waals surface area contributed by atoms with Gasteiger partial charge >= 0.3 is 0 Å². The lowest BCUT2D eigenvalue weighted by Gasteiger charge is -2.37. The van der Waals surface area contributed by atoms with E-state index in [9.17, 15) is 25.2 Å². The summed E-state index contributed by atoms with van der Waals surface area (Å²) >= 11 is 0. The van der Waals surface area contributed by atoms with E-state index in [-0.39, 0.29) is 41.6 Å². The fraction of sp³-hybridized carbons (Fsp3) is 0.350. The number of rotatable bonds is 1. The van der Waals surface area contributed by atoms with Crippen LogP contribution in [0.15, 0.2) is 24.3 Å². The molecular formula is C20H20O7. The third kappa shape index (κ3) is 2.66. The number of ether oxygens (including phenoxy) is 2. The lowest BCUT2D eigenvalue weighted by atomic mass is 9.84. The van der Waals surface area contributed by atoms with Crippen LogP contribution in [-0.4, -0.2) is 44.5 Å². The van der Waals surface area contributed by atoms with Gasteiger partial charge in [0.2, 0.25) is 0 Å². The highest BCUT2D eigenvalue weighted by molar-refractivity contribution is 6.06. The molecule has 4 rings (SSSR count). The van der Waals surface area contributed by atoms with Gasteiger partial charge in [0.15, 0.2) is 5.78 Å². The van der Waals surface area contributed by atoms with Crippen molar-refractivity contribution in [1.29, 1.82) is 0 Å². The molecule has 0 aliphatic carbocycles. The molecular weight excluding hydrogens is 352 g/mol. The number of carbonyl (C=O) groups excluding carboxylic acids is 1. The second-order valence-corrected chi connectivity index (χ2v) is 7.47. The zero-order valence-electron chi connectivity index (χ0n) is 14.9. The van der Waals surface area contributed by atoms with Gasteiger partial charge in [-0.3, -0.25) is 4.79 Å². The van der Waals surface area contributed by atoms with Gasteiger partial charge < -0.3 is 29.9 Å². The van der Waals surface area contributed by atoms with Crippen molar-refractivity contribution < 1.29 is 34.7 Å². The monoisotopic (exact) mass is 372 g/mol. The maximum absolute atomic E-state index is 12.9. The first-order valence-electron chi connectivity index (χ1n) is 8.64. The van der Waals surface area contributed by atoms with Crippen molar-refractivity contribution in [3.8, 4) is 28.7 Å². The van der Waals surface area contributed by atoms with Gasteiger partial charge in [-0.05, 0) is 19.9 Å². The first kappa shape index (κ1) is 17.5. The van der Waals surface area contributed by atoms with Crippen LogP contribution in [0.25, 0.3) is 0 Å². The predicted molar refractivity (Wildman–Crippen MR) is 94.9 cm³/mol. The Morgan fingerprint density at radius 1 is 1.11 bits per heavy atom. The number of phenolic OH excluding ortho intramolecular Hbond substituents is 3. The number of fused-ring (bicyclic) bond motifs is 2. The van der Waals surface area contributed by atoms with Crippen LogP contribution in [-0.2, 0) is 6.42 Å². The number of aliphatic hydroxyl groups excluding tert-OH is 1. The summed E-state index contributed by atoms with van der Waals surface area (Å²) in [5.74, 6) is -1.38. The van der Waals surface area contributed by atoms with Crippen LogP contribution in [0.2, 0.25) is 0 Å². The molecule has 4 N–H and O–H groups in total. The van der Waals surface area contributed by atoms with E-state index in [1.54, 1.807) is 26.0 Å². The number of Topliss-reactive ketones (excluding diaryl/α,β-unsaturated/α-hetero) is 1. The standard InChI is InChI=1S/C20H20O7/c1-20(2)16(23)7-11-14(27-20)4-3-10(18(11)24)12-8-26-15-6-9(21)5-13(22)17(15)19(12)25/h3-6,12,16,21-24H,7-8H2,1-2H3. The maximum Gasteiger partial charge on any atom is 0.181 e. The molecule has 2 unspecified atom stereocenters. The Balaban J connectivity index is 1.75. The van der Waals surface area contributed by atoms with Crippen LogP contribution < -0.4 is 9.47 Å². The van der Waals surface area contributed by atoms with Crippen molar-refractivity contribution in [2.75, 3.05) is 6.61 Å². The van der Waals surface area contributed by atoms with E-state index in [0.29, 0.717) is 16.9 Å². The zero-order chi connectivity index (χ0) is 19.5. The first-order chi connectivity index (χ1) is 12.7. The zero-order valence-corrected chi connectivity index (χ0v) is 14.9. The normalized spacial score (nSPS) is 23.0. The predicted octanol–water partition coefficient (Wildman–Crippen LogP) is 2.24. The number of aromatic hydroxyl groups is 3. The largest absolute Gasteiger partial charge is 0.508 e. The summed E-state index contributed by atoms with van der Waals surface area (Å²) in [7, 11) is 0. The molecule has 0 fully saturated rings. The van der Waals surface area contributed by atoms with Gasteiger partial charge in [-0.25, -0.2) is 0 Å². The quantitative estimate of drug-likeness (QED) is 0.606. The number of carbonyl (C=O) groups is 1. The van der Waals surface area contributed by atoms with E-state index in [2.05, 4.69) is 0 Å². The molecule has 0 saturated heterocycles. The van der Waals surface area contributed by atoms with Crippen molar-refractivity contribution in [2.45, 2.75) is 37.9 Å². The van der Waals surface area contributed by atoms with Crippen LogP contribution in [0, 0.1) is 0 Å². The molecule has 2 aromatic carbocycles. The van der Waals surface area contributed by atoms with Crippen molar-refractivity contribution in [1.82, 2.24) is 0 Å². The number of aliphatic hydroxyl groups is 1. The number of ketones is 1. The van der Waals surface area contributed by atoms with E-state index >= 15 is 0 Å². The third-order valence-corrected chi connectivity index (χ3v) is 5.25. The SMILES string of the molecule is CC1(C)Oc2ccc(C3COc4cc(O)cc(O)c4C3=O)c(O)c2CC1O. The lowest BCUT2D eigenvalue weighted by Crippen LogP contribution is -2.46. The second kappa shape index (κ2) is 5.79. The highest BCUT2D eigenvalue weighted by Crippen LogP contribution is 2.45. The van der Waals surface area contributed by atoms with E-state index in [4.69, 9.17) is 9.47 Å². The summed E-state index contributed by atoms with van der Waals surface area (Å²) in [4.78, 5) is 12.9. The molecule has 142 valence electrons. The lowest BCUT2D eigenvalue weighted by molar-refractivity contribution is -0.0417. The molecule has 2 aliphatic heterocycles. The molecule has 0 bridgehead atoms. The van der Waals surface area contributed by atoms with Gasteiger partial charge in [0.25, 0.3) is 0 Å². The van der Waals surface area contributed by atoms with Crippen molar-refractivity contribution in [2.24, 2.45) is 0 Å². The number of benzene rings is 2. The Labute approximate surface area is 155 Å². The Morgan fingerprint density at radius 3 is 2.59 bits per heavy atom. The molecule has 2 aliphatic rings. The first-order valence-corrected chi connectivity index (χ1v) is 8.64. The summed E-state index contributed by atoms with van der Waals surface area (Å²) in [5, 5.41) is 40.6. The minimum absolute atomic E-state index is 0.0291. The smallest absolute Gasteiger partial charge is 0.181 e. The molecule has 0 spiro atoms. The highest BCUT2D eigenvalue weighted by Gasteiger charge is 2.40. The Morgan fingerprint density at radius 2 is 1.85 bits per heavy atom. The molecule has 0 amide bonds. The molecule has 0 aromatic heterocycles. The maximum atomic E-state index is 12.9. The molecule has 0 radical (unpaired) electrons. The molecule has 2 heterocycles.